The number of rotatable bonds is 3. The molecule has 0 radical (unpaired) electrons. The molecule has 0 aromatic rings. The van der Waals surface area contributed by atoms with E-state index in [-0.39, 0.29) is 6.42 Å². The molecule has 4 heteroatoms. The van der Waals surface area contributed by atoms with Gasteiger partial charge < -0.3 is 15.3 Å². The standard InChI is InChI=1S/C5H10O4/c1-3(5(8)9)2-4(6)7/h3,5,8-9H,2H2,1H3,(H,6,7). The molecular weight excluding hydrogens is 124 g/mol. The van der Waals surface area contributed by atoms with Gasteiger partial charge in [-0.15, -0.1) is 0 Å². The van der Waals surface area contributed by atoms with Gasteiger partial charge in [-0.2, -0.15) is 0 Å². The lowest BCUT2D eigenvalue weighted by molar-refractivity contribution is -0.143. The normalized spacial score (nSPS) is 13.8. The number of hydrogen-bond donors (Lipinski definition) is 3. The zero-order valence-corrected chi connectivity index (χ0v) is 5.11. The van der Waals surface area contributed by atoms with E-state index < -0.39 is 18.2 Å². The Bertz CT molecular complexity index is 99.1. The Morgan fingerprint density at radius 3 is 2.11 bits per heavy atom. The second-order valence-corrected chi connectivity index (χ2v) is 1.99. The fourth-order valence-corrected chi connectivity index (χ4v) is 0.381. The molecule has 0 aromatic heterocycles. The van der Waals surface area contributed by atoms with E-state index in [1.165, 1.54) is 6.92 Å². The molecule has 0 aliphatic carbocycles. The van der Waals surface area contributed by atoms with Crippen molar-refractivity contribution in [2.45, 2.75) is 19.6 Å². The van der Waals surface area contributed by atoms with E-state index in [1.807, 2.05) is 0 Å². The summed E-state index contributed by atoms with van der Waals surface area (Å²) >= 11 is 0. The Labute approximate surface area is 52.7 Å². The van der Waals surface area contributed by atoms with Gasteiger partial charge in [-0.1, -0.05) is 6.92 Å². The minimum Gasteiger partial charge on any atom is -0.481 e. The Balaban J connectivity index is 3.50. The molecule has 0 saturated heterocycles. The van der Waals surface area contributed by atoms with Gasteiger partial charge in [0, 0.05) is 5.92 Å². The van der Waals surface area contributed by atoms with Crippen LogP contribution in [-0.4, -0.2) is 27.6 Å². The lowest BCUT2D eigenvalue weighted by Crippen LogP contribution is -2.19. The molecule has 0 rings (SSSR count). The highest BCUT2D eigenvalue weighted by atomic mass is 16.5. The minimum atomic E-state index is -1.53. The van der Waals surface area contributed by atoms with Crippen LogP contribution in [0, 0.1) is 5.92 Å². The van der Waals surface area contributed by atoms with E-state index in [1.54, 1.807) is 0 Å². The van der Waals surface area contributed by atoms with Gasteiger partial charge in [-0.25, -0.2) is 0 Å². The number of aliphatic hydroxyl groups excluding tert-OH is 1. The topological polar surface area (TPSA) is 77.8 Å². The maximum atomic E-state index is 9.89. The molecule has 0 heterocycles. The van der Waals surface area contributed by atoms with Gasteiger partial charge in [0.1, 0.15) is 0 Å². The summed E-state index contributed by atoms with van der Waals surface area (Å²) in [5.74, 6) is -1.61. The molecule has 1 atom stereocenters. The molecule has 0 aromatic carbocycles. The van der Waals surface area contributed by atoms with Crippen molar-refractivity contribution in [1.82, 2.24) is 0 Å². The highest BCUT2D eigenvalue weighted by molar-refractivity contribution is 5.66. The molecule has 0 aliphatic rings. The van der Waals surface area contributed by atoms with Crippen molar-refractivity contribution in [1.29, 1.82) is 0 Å². The maximum absolute atomic E-state index is 9.89. The monoisotopic (exact) mass is 134 g/mol. The van der Waals surface area contributed by atoms with Gasteiger partial charge in [-0.05, 0) is 0 Å². The molecule has 0 amide bonds. The van der Waals surface area contributed by atoms with Crippen molar-refractivity contribution < 1.29 is 20.1 Å². The smallest absolute Gasteiger partial charge is 0.303 e. The van der Waals surface area contributed by atoms with Crippen molar-refractivity contribution in [2.24, 2.45) is 5.92 Å². The fraction of sp³-hybridized carbons (Fsp3) is 0.800. The molecule has 4 nitrogen and oxygen atoms in total. The molecule has 0 spiro atoms. The van der Waals surface area contributed by atoms with Crippen LogP contribution < -0.4 is 0 Å². The van der Waals surface area contributed by atoms with Crippen LogP contribution in [0.2, 0.25) is 0 Å². The first-order chi connectivity index (χ1) is 4.04. The summed E-state index contributed by atoms with van der Waals surface area (Å²) in [6.45, 7) is 1.46. The Morgan fingerprint density at radius 2 is 2.00 bits per heavy atom. The molecule has 0 saturated carbocycles. The number of carboxylic acids is 1. The van der Waals surface area contributed by atoms with Gasteiger partial charge in [-0.3, -0.25) is 4.79 Å². The Kier molecular flexibility index (Phi) is 3.19. The third kappa shape index (κ3) is 3.93. The zero-order chi connectivity index (χ0) is 7.44. The number of hydrogen-bond acceptors (Lipinski definition) is 3. The molecule has 9 heavy (non-hydrogen) atoms. The average molecular weight is 134 g/mol. The summed E-state index contributed by atoms with van der Waals surface area (Å²) in [4.78, 5) is 9.89. The summed E-state index contributed by atoms with van der Waals surface area (Å²) in [6.07, 6.45) is -1.74. The largest absolute Gasteiger partial charge is 0.481 e. The van der Waals surface area contributed by atoms with Gasteiger partial charge in [0.05, 0.1) is 6.42 Å². The molecular formula is C5H10O4. The van der Waals surface area contributed by atoms with Crippen molar-refractivity contribution in [3.63, 3.8) is 0 Å². The summed E-state index contributed by atoms with van der Waals surface area (Å²) in [7, 11) is 0. The van der Waals surface area contributed by atoms with Crippen LogP contribution in [0.3, 0.4) is 0 Å². The zero-order valence-electron chi connectivity index (χ0n) is 5.11. The lowest BCUT2D eigenvalue weighted by Gasteiger charge is -2.08. The number of carboxylic acid groups (broad SMARTS) is 1. The van der Waals surface area contributed by atoms with Crippen LogP contribution in [0.15, 0.2) is 0 Å². The van der Waals surface area contributed by atoms with Crippen molar-refractivity contribution in [3.05, 3.63) is 0 Å². The van der Waals surface area contributed by atoms with Gasteiger partial charge in [0.15, 0.2) is 6.29 Å². The van der Waals surface area contributed by atoms with Crippen LogP contribution >= 0.6 is 0 Å². The second kappa shape index (κ2) is 3.42. The molecule has 3 N–H and O–H groups in total. The summed E-state index contributed by atoms with van der Waals surface area (Å²) < 4.78 is 0. The fourth-order valence-electron chi connectivity index (χ4n) is 0.381. The Hall–Kier alpha value is -0.610. The summed E-state index contributed by atoms with van der Waals surface area (Å²) in [5, 5.41) is 24.8. The van der Waals surface area contributed by atoms with Crippen molar-refractivity contribution in [2.75, 3.05) is 0 Å². The number of aliphatic hydroxyl groups is 2. The lowest BCUT2D eigenvalue weighted by atomic mass is 10.1. The third-order valence-electron chi connectivity index (χ3n) is 1.01. The second-order valence-electron chi connectivity index (χ2n) is 1.99. The first-order valence-corrected chi connectivity index (χ1v) is 2.62. The van der Waals surface area contributed by atoms with Crippen LogP contribution in [0.25, 0.3) is 0 Å². The van der Waals surface area contributed by atoms with Gasteiger partial charge in [0.2, 0.25) is 0 Å². The van der Waals surface area contributed by atoms with Crippen LogP contribution in [0.4, 0.5) is 0 Å². The summed E-state index contributed by atoms with van der Waals surface area (Å²) in [5.41, 5.74) is 0. The van der Waals surface area contributed by atoms with Gasteiger partial charge >= 0.3 is 5.97 Å². The van der Waals surface area contributed by atoms with Crippen LogP contribution in [0.5, 0.6) is 0 Å². The van der Waals surface area contributed by atoms with E-state index in [9.17, 15) is 4.79 Å². The highest BCUT2D eigenvalue weighted by Gasteiger charge is 2.13. The summed E-state index contributed by atoms with van der Waals surface area (Å²) in [6, 6.07) is 0. The molecule has 54 valence electrons. The molecule has 0 aliphatic heterocycles. The molecule has 0 bridgehead atoms. The SMILES string of the molecule is CC(CC(=O)O)C(O)O. The highest BCUT2D eigenvalue weighted by Crippen LogP contribution is 2.04. The van der Waals surface area contributed by atoms with Crippen molar-refractivity contribution >= 4 is 5.97 Å². The van der Waals surface area contributed by atoms with E-state index in [0.29, 0.717) is 0 Å². The van der Waals surface area contributed by atoms with Crippen molar-refractivity contribution in [3.8, 4) is 0 Å². The average Bonchev–Trinajstić information content (AvgIpc) is 1.63. The van der Waals surface area contributed by atoms with Crippen LogP contribution in [-0.2, 0) is 4.79 Å². The van der Waals surface area contributed by atoms with Crippen LogP contribution in [0.1, 0.15) is 13.3 Å². The molecule has 0 fully saturated rings. The van der Waals surface area contributed by atoms with E-state index in [4.69, 9.17) is 15.3 Å². The van der Waals surface area contributed by atoms with E-state index in [0.717, 1.165) is 0 Å². The minimum absolute atomic E-state index is 0.211. The first kappa shape index (κ1) is 8.39. The van der Waals surface area contributed by atoms with E-state index in [2.05, 4.69) is 0 Å². The quantitative estimate of drug-likeness (QED) is 0.451. The van der Waals surface area contributed by atoms with E-state index >= 15 is 0 Å². The number of carbonyl (C=O) groups is 1. The molecule has 1 unspecified atom stereocenters. The Morgan fingerprint density at radius 1 is 1.56 bits per heavy atom. The number of aliphatic carboxylic acids is 1. The third-order valence-corrected chi connectivity index (χ3v) is 1.01. The first-order valence-electron chi connectivity index (χ1n) is 2.62. The predicted molar refractivity (Wildman–Crippen MR) is 29.6 cm³/mol. The predicted octanol–water partition coefficient (Wildman–Crippen LogP) is -0.592. The van der Waals surface area contributed by atoms with Gasteiger partial charge in [0.25, 0.3) is 0 Å². The maximum Gasteiger partial charge on any atom is 0.303 e.